The highest BCUT2D eigenvalue weighted by Crippen LogP contribution is 2.27. The van der Waals surface area contributed by atoms with Gasteiger partial charge in [-0.3, -0.25) is 0 Å². The van der Waals surface area contributed by atoms with Gasteiger partial charge in [-0.15, -0.1) is 0 Å². The largest absolute Gasteiger partial charge is 0.330 e. The number of hydrogen-bond acceptors (Lipinski definition) is 1. The Kier molecular flexibility index (Phi) is 4.29. The van der Waals surface area contributed by atoms with Gasteiger partial charge in [-0.1, -0.05) is 29.8 Å². The smallest absolute Gasteiger partial charge is 0.124 e. The van der Waals surface area contributed by atoms with Crippen LogP contribution in [-0.4, -0.2) is 6.54 Å². The van der Waals surface area contributed by atoms with Crippen LogP contribution in [0.4, 0.5) is 4.39 Å². The lowest BCUT2D eigenvalue weighted by molar-refractivity contribution is 0.338. The molecule has 1 rings (SSSR count). The van der Waals surface area contributed by atoms with Crippen LogP contribution in [0.25, 0.3) is 0 Å². The monoisotopic (exact) mass is 273 g/mol. The summed E-state index contributed by atoms with van der Waals surface area (Å²) in [6.07, 6.45) is 1.79. The fraction of sp³-hybridized carbons (Fsp3) is 0.500. The van der Waals surface area contributed by atoms with Crippen molar-refractivity contribution in [1.29, 1.82) is 0 Å². The first-order valence-corrected chi connectivity index (χ1v) is 5.87. The molecule has 0 atom stereocenters. The van der Waals surface area contributed by atoms with Gasteiger partial charge in [-0.05, 0) is 48.6 Å². The fourth-order valence-corrected chi connectivity index (χ4v) is 2.26. The average molecular weight is 274 g/mol. The highest BCUT2D eigenvalue weighted by Gasteiger charge is 2.17. The molecule has 0 aliphatic carbocycles. The molecule has 0 amide bonds. The van der Waals surface area contributed by atoms with Crippen LogP contribution in [0.1, 0.15) is 25.8 Å². The van der Waals surface area contributed by atoms with Crippen LogP contribution in [0.5, 0.6) is 0 Å². The van der Waals surface area contributed by atoms with E-state index in [1.54, 1.807) is 6.07 Å². The predicted molar refractivity (Wildman–Crippen MR) is 65.3 cm³/mol. The summed E-state index contributed by atoms with van der Waals surface area (Å²) in [5.74, 6) is -0.192. The van der Waals surface area contributed by atoms with E-state index in [9.17, 15) is 4.39 Å². The van der Waals surface area contributed by atoms with Crippen molar-refractivity contribution in [2.45, 2.75) is 26.7 Å². The van der Waals surface area contributed by atoms with Crippen molar-refractivity contribution >= 4 is 15.9 Å². The van der Waals surface area contributed by atoms with Crippen molar-refractivity contribution in [3.63, 3.8) is 0 Å². The molecule has 0 aliphatic heterocycles. The third-order valence-corrected chi connectivity index (χ3v) is 2.88. The Balaban J connectivity index is 2.80. The first kappa shape index (κ1) is 12.7. The molecular weight excluding hydrogens is 257 g/mol. The van der Waals surface area contributed by atoms with Gasteiger partial charge in [0.25, 0.3) is 0 Å². The molecule has 3 heteroatoms. The lowest BCUT2D eigenvalue weighted by Gasteiger charge is -2.24. The molecule has 0 saturated heterocycles. The zero-order chi connectivity index (χ0) is 11.5. The molecule has 15 heavy (non-hydrogen) atoms. The molecular formula is C12H17BrFN. The van der Waals surface area contributed by atoms with E-state index >= 15 is 0 Å². The second-order valence-electron chi connectivity index (χ2n) is 4.66. The molecule has 1 aromatic carbocycles. The number of halogens is 2. The third kappa shape index (κ3) is 4.31. The van der Waals surface area contributed by atoms with E-state index in [0.717, 1.165) is 22.9 Å². The van der Waals surface area contributed by atoms with Crippen LogP contribution >= 0.6 is 15.9 Å². The minimum atomic E-state index is -0.192. The van der Waals surface area contributed by atoms with Crippen molar-refractivity contribution in [2.75, 3.05) is 6.54 Å². The van der Waals surface area contributed by atoms with E-state index in [4.69, 9.17) is 5.73 Å². The summed E-state index contributed by atoms with van der Waals surface area (Å²) >= 11 is 3.29. The minimum Gasteiger partial charge on any atom is -0.330 e. The van der Waals surface area contributed by atoms with Gasteiger partial charge in [0, 0.05) is 4.47 Å². The zero-order valence-corrected chi connectivity index (χ0v) is 10.8. The Hall–Kier alpha value is -0.410. The number of rotatable bonds is 4. The Morgan fingerprint density at radius 1 is 1.33 bits per heavy atom. The molecule has 2 N–H and O–H groups in total. The molecule has 0 unspecified atom stereocenters. The average Bonchev–Trinajstić information content (AvgIpc) is 1.99. The molecule has 1 nitrogen and oxygen atoms in total. The maximum absolute atomic E-state index is 13.1. The Labute approximate surface area is 99.0 Å². The molecule has 0 bridgehead atoms. The lowest BCUT2D eigenvalue weighted by Crippen LogP contribution is -2.19. The summed E-state index contributed by atoms with van der Waals surface area (Å²) in [7, 11) is 0. The van der Waals surface area contributed by atoms with Crippen molar-refractivity contribution in [3.8, 4) is 0 Å². The molecule has 0 saturated carbocycles. The lowest BCUT2D eigenvalue weighted by atomic mass is 9.83. The number of hydrogen-bond donors (Lipinski definition) is 1. The van der Waals surface area contributed by atoms with E-state index in [2.05, 4.69) is 29.8 Å². The van der Waals surface area contributed by atoms with Gasteiger partial charge in [-0.2, -0.15) is 0 Å². The highest BCUT2D eigenvalue weighted by molar-refractivity contribution is 9.10. The summed E-state index contributed by atoms with van der Waals surface area (Å²) in [4.78, 5) is 0. The van der Waals surface area contributed by atoms with Crippen LogP contribution < -0.4 is 5.73 Å². The van der Waals surface area contributed by atoms with Gasteiger partial charge in [0.15, 0.2) is 0 Å². The van der Waals surface area contributed by atoms with Crippen molar-refractivity contribution < 1.29 is 4.39 Å². The summed E-state index contributed by atoms with van der Waals surface area (Å²) in [5.41, 5.74) is 6.69. The van der Waals surface area contributed by atoms with Crippen molar-refractivity contribution in [2.24, 2.45) is 11.1 Å². The third-order valence-electron chi connectivity index (χ3n) is 2.43. The molecule has 0 aromatic heterocycles. The van der Waals surface area contributed by atoms with Crippen LogP contribution in [0, 0.1) is 11.2 Å². The second-order valence-corrected chi connectivity index (χ2v) is 5.57. The summed E-state index contributed by atoms with van der Waals surface area (Å²) in [5, 5.41) is 0. The molecule has 0 heterocycles. The number of nitrogens with two attached hydrogens (primary N) is 1. The predicted octanol–water partition coefficient (Wildman–Crippen LogP) is 3.51. The standard InChI is InChI=1S/C12H17BrFN/c1-12(2,3-4-15)8-9-5-10(13)7-11(14)6-9/h5-7H,3-4,8,15H2,1-2H3. The van der Waals surface area contributed by atoms with E-state index in [-0.39, 0.29) is 11.2 Å². The van der Waals surface area contributed by atoms with Gasteiger partial charge >= 0.3 is 0 Å². The van der Waals surface area contributed by atoms with Crippen molar-refractivity contribution in [3.05, 3.63) is 34.1 Å². The zero-order valence-electron chi connectivity index (χ0n) is 9.19. The maximum Gasteiger partial charge on any atom is 0.124 e. The van der Waals surface area contributed by atoms with Gasteiger partial charge in [0.1, 0.15) is 5.82 Å². The van der Waals surface area contributed by atoms with E-state index in [0.29, 0.717) is 6.54 Å². The van der Waals surface area contributed by atoms with Crippen molar-refractivity contribution in [1.82, 2.24) is 0 Å². The van der Waals surface area contributed by atoms with Crippen LogP contribution in [-0.2, 0) is 6.42 Å². The Bertz CT molecular complexity index is 316. The Morgan fingerprint density at radius 3 is 2.53 bits per heavy atom. The van der Waals surface area contributed by atoms with Gasteiger partial charge < -0.3 is 5.73 Å². The first-order valence-electron chi connectivity index (χ1n) is 5.08. The van der Waals surface area contributed by atoms with Crippen LogP contribution in [0.15, 0.2) is 22.7 Å². The van der Waals surface area contributed by atoms with E-state index in [1.807, 2.05) is 6.07 Å². The van der Waals surface area contributed by atoms with Crippen LogP contribution in [0.2, 0.25) is 0 Å². The minimum absolute atomic E-state index is 0.127. The van der Waals surface area contributed by atoms with Crippen LogP contribution in [0.3, 0.4) is 0 Å². The molecule has 0 radical (unpaired) electrons. The van der Waals surface area contributed by atoms with E-state index in [1.165, 1.54) is 6.07 Å². The molecule has 0 aliphatic rings. The maximum atomic E-state index is 13.1. The normalized spacial score (nSPS) is 11.8. The van der Waals surface area contributed by atoms with Gasteiger partial charge in [-0.25, -0.2) is 4.39 Å². The van der Waals surface area contributed by atoms with Gasteiger partial charge in [0.05, 0.1) is 0 Å². The molecule has 1 aromatic rings. The molecule has 0 fully saturated rings. The highest BCUT2D eigenvalue weighted by atomic mass is 79.9. The summed E-state index contributed by atoms with van der Waals surface area (Å²) in [6.45, 7) is 4.97. The molecule has 0 spiro atoms. The van der Waals surface area contributed by atoms with Gasteiger partial charge in [0.2, 0.25) is 0 Å². The topological polar surface area (TPSA) is 26.0 Å². The summed E-state index contributed by atoms with van der Waals surface area (Å²) < 4.78 is 13.9. The quantitative estimate of drug-likeness (QED) is 0.893. The second kappa shape index (κ2) is 5.08. The number of benzene rings is 1. The fourth-order valence-electron chi connectivity index (χ4n) is 1.74. The SMILES string of the molecule is CC(C)(CCN)Cc1cc(F)cc(Br)c1. The summed E-state index contributed by atoms with van der Waals surface area (Å²) in [6, 6.07) is 5.02. The molecule has 84 valence electrons. The van der Waals surface area contributed by atoms with E-state index < -0.39 is 0 Å². The first-order chi connectivity index (χ1) is 6.93. The Morgan fingerprint density at radius 2 is 2.00 bits per heavy atom.